The van der Waals surface area contributed by atoms with Crippen LogP contribution < -0.4 is 5.32 Å². The van der Waals surface area contributed by atoms with Gasteiger partial charge in [0.25, 0.3) is 0 Å². The highest BCUT2D eigenvalue weighted by atomic mass is 16.7. The zero-order chi connectivity index (χ0) is 11.2. The molecular weight excluding hydrogens is 204 g/mol. The molecule has 1 aliphatic heterocycles. The Labute approximate surface area is 96.0 Å². The van der Waals surface area contributed by atoms with E-state index in [1.165, 1.54) is 5.56 Å². The van der Waals surface area contributed by atoms with Crippen molar-refractivity contribution in [2.75, 3.05) is 19.9 Å². The maximum Gasteiger partial charge on any atom is 0.147 e. The van der Waals surface area contributed by atoms with E-state index in [1.54, 1.807) is 0 Å². The van der Waals surface area contributed by atoms with Gasteiger partial charge in [0.15, 0.2) is 0 Å². The van der Waals surface area contributed by atoms with Crippen molar-refractivity contribution in [3.8, 4) is 0 Å². The van der Waals surface area contributed by atoms with Crippen LogP contribution >= 0.6 is 0 Å². The van der Waals surface area contributed by atoms with E-state index in [-0.39, 0.29) is 6.10 Å². The quantitative estimate of drug-likeness (QED) is 0.838. The molecule has 4 nitrogen and oxygen atoms in total. The zero-order valence-corrected chi connectivity index (χ0v) is 9.56. The lowest BCUT2D eigenvalue weighted by Crippen LogP contribution is -2.35. The first-order chi connectivity index (χ1) is 7.86. The summed E-state index contributed by atoms with van der Waals surface area (Å²) >= 11 is 0. The molecule has 1 aromatic rings. The van der Waals surface area contributed by atoms with Gasteiger partial charge in [-0.1, -0.05) is 0 Å². The Morgan fingerprint density at radius 3 is 3.00 bits per heavy atom. The molecule has 0 saturated carbocycles. The highest BCUT2D eigenvalue weighted by molar-refractivity contribution is 5.13. The first-order valence-corrected chi connectivity index (χ1v) is 5.69. The van der Waals surface area contributed by atoms with Crippen molar-refractivity contribution in [3.05, 3.63) is 30.1 Å². The Balaban J connectivity index is 1.77. The average molecular weight is 222 g/mol. The average Bonchev–Trinajstić information content (AvgIpc) is 2.38. The van der Waals surface area contributed by atoms with Gasteiger partial charge in [-0.2, -0.15) is 0 Å². The van der Waals surface area contributed by atoms with Crippen molar-refractivity contribution in [2.24, 2.45) is 0 Å². The number of ether oxygens (including phenoxy) is 2. The SMILES string of the molecule is C[C@H](NCC1CCOCO1)c1ccncc1. The van der Waals surface area contributed by atoms with E-state index in [4.69, 9.17) is 9.47 Å². The predicted molar refractivity (Wildman–Crippen MR) is 61.0 cm³/mol. The first-order valence-electron chi connectivity index (χ1n) is 5.69. The van der Waals surface area contributed by atoms with Crippen molar-refractivity contribution in [2.45, 2.75) is 25.5 Å². The second-order valence-corrected chi connectivity index (χ2v) is 4.01. The van der Waals surface area contributed by atoms with Gasteiger partial charge in [0.1, 0.15) is 6.79 Å². The molecule has 1 aromatic heterocycles. The molecule has 1 aliphatic rings. The molecule has 0 aromatic carbocycles. The molecule has 0 spiro atoms. The Kier molecular flexibility index (Phi) is 4.27. The van der Waals surface area contributed by atoms with Gasteiger partial charge in [-0.05, 0) is 31.0 Å². The van der Waals surface area contributed by atoms with Crippen molar-refractivity contribution < 1.29 is 9.47 Å². The predicted octanol–water partition coefficient (Wildman–Crippen LogP) is 1.50. The van der Waals surface area contributed by atoms with Crippen LogP contribution in [-0.4, -0.2) is 31.0 Å². The first kappa shape index (κ1) is 11.5. The van der Waals surface area contributed by atoms with E-state index in [2.05, 4.69) is 17.2 Å². The third kappa shape index (κ3) is 3.27. The van der Waals surface area contributed by atoms with Crippen LogP contribution in [0, 0.1) is 0 Å². The van der Waals surface area contributed by atoms with Gasteiger partial charge >= 0.3 is 0 Å². The van der Waals surface area contributed by atoms with Crippen LogP contribution in [0.15, 0.2) is 24.5 Å². The van der Waals surface area contributed by atoms with Gasteiger partial charge in [-0.15, -0.1) is 0 Å². The third-order valence-electron chi connectivity index (χ3n) is 2.83. The van der Waals surface area contributed by atoms with Crippen LogP contribution in [0.25, 0.3) is 0 Å². The summed E-state index contributed by atoms with van der Waals surface area (Å²) in [6.45, 7) is 4.24. The highest BCUT2D eigenvalue weighted by Gasteiger charge is 2.15. The summed E-state index contributed by atoms with van der Waals surface area (Å²) in [5.41, 5.74) is 1.25. The monoisotopic (exact) mass is 222 g/mol. The molecule has 1 unspecified atom stereocenters. The highest BCUT2D eigenvalue weighted by Crippen LogP contribution is 2.11. The molecule has 2 rings (SSSR count). The topological polar surface area (TPSA) is 43.4 Å². The summed E-state index contributed by atoms with van der Waals surface area (Å²) in [4.78, 5) is 4.01. The Bertz CT molecular complexity index is 299. The van der Waals surface area contributed by atoms with Crippen molar-refractivity contribution in [1.29, 1.82) is 0 Å². The summed E-state index contributed by atoms with van der Waals surface area (Å²) in [5.74, 6) is 0. The van der Waals surface area contributed by atoms with Crippen molar-refractivity contribution >= 4 is 0 Å². The fourth-order valence-corrected chi connectivity index (χ4v) is 1.74. The molecule has 1 saturated heterocycles. The van der Waals surface area contributed by atoms with Crippen LogP contribution in [0.5, 0.6) is 0 Å². The lowest BCUT2D eigenvalue weighted by atomic mass is 10.1. The zero-order valence-electron chi connectivity index (χ0n) is 9.56. The molecule has 2 heterocycles. The van der Waals surface area contributed by atoms with E-state index in [9.17, 15) is 0 Å². The fourth-order valence-electron chi connectivity index (χ4n) is 1.74. The molecule has 16 heavy (non-hydrogen) atoms. The lowest BCUT2D eigenvalue weighted by molar-refractivity contribution is -0.137. The molecular formula is C12H18N2O2. The molecule has 1 N–H and O–H groups in total. The number of hydrogen-bond donors (Lipinski definition) is 1. The van der Waals surface area contributed by atoms with Gasteiger partial charge in [0.05, 0.1) is 12.7 Å². The molecule has 0 radical (unpaired) electrons. The normalized spacial score (nSPS) is 22.9. The lowest BCUT2D eigenvalue weighted by Gasteiger charge is -2.24. The molecule has 4 heteroatoms. The molecule has 88 valence electrons. The van der Waals surface area contributed by atoms with Gasteiger partial charge in [0.2, 0.25) is 0 Å². The maximum atomic E-state index is 5.47. The molecule has 0 bridgehead atoms. The number of pyridine rings is 1. The van der Waals surface area contributed by atoms with Crippen LogP contribution in [0.2, 0.25) is 0 Å². The number of aromatic nitrogens is 1. The van der Waals surface area contributed by atoms with E-state index < -0.39 is 0 Å². The minimum atomic E-state index is 0.276. The smallest absolute Gasteiger partial charge is 0.147 e. The summed E-state index contributed by atoms with van der Waals surface area (Å²) in [5, 5.41) is 3.46. The van der Waals surface area contributed by atoms with Crippen LogP contribution in [-0.2, 0) is 9.47 Å². The van der Waals surface area contributed by atoms with Crippen LogP contribution in [0.1, 0.15) is 24.9 Å². The third-order valence-corrected chi connectivity index (χ3v) is 2.83. The van der Waals surface area contributed by atoms with Gasteiger partial charge < -0.3 is 14.8 Å². The number of nitrogens with one attached hydrogen (secondary N) is 1. The number of rotatable bonds is 4. The minimum Gasteiger partial charge on any atom is -0.355 e. The van der Waals surface area contributed by atoms with E-state index in [1.807, 2.05) is 24.5 Å². The summed E-state index contributed by atoms with van der Waals surface area (Å²) < 4.78 is 10.6. The van der Waals surface area contributed by atoms with Gasteiger partial charge in [0, 0.05) is 25.0 Å². The largest absolute Gasteiger partial charge is 0.355 e. The van der Waals surface area contributed by atoms with Crippen molar-refractivity contribution in [3.63, 3.8) is 0 Å². The summed E-state index contributed by atoms with van der Waals surface area (Å²) in [6.07, 6.45) is 4.88. The number of hydrogen-bond acceptors (Lipinski definition) is 4. The van der Waals surface area contributed by atoms with Gasteiger partial charge in [-0.25, -0.2) is 0 Å². The van der Waals surface area contributed by atoms with E-state index in [0.717, 1.165) is 19.6 Å². The fraction of sp³-hybridized carbons (Fsp3) is 0.583. The molecule has 0 amide bonds. The molecule has 1 fully saturated rings. The molecule has 0 aliphatic carbocycles. The Morgan fingerprint density at radius 2 is 2.31 bits per heavy atom. The Hall–Kier alpha value is -0.970. The standard InChI is InChI=1S/C12H18N2O2/c1-10(11-2-5-13-6-3-11)14-8-12-4-7-15-9-16-12/h2-3,5-6,10,12,14H,4,7-9H2,1H3/t10-,12?/m0/s1. The van der Waals surface area contributed by atoms with E-state index in [0.29, 0.717) is 12.8 Å². The minimum absolute atomic E-state index is 0.276. The molecule has 2 atom stereocenters. The summed E-state index contributed by atoms with van der Waals surface area (Å²) in [7, 11) is 0. The second kappa shape index (κ2) is 5.94. The van der Waals surface area contributed by atoms with Gasteiger partial charge in [-0.3, -0.25) is 4.98 Å². The van der Waals surface area contributed by atoms with Crippen LogP contribution in [0.4, 0.5) is 0 Å². The van der Waals surface area contributed by atoms with Crippen molar-refractivity contribution in [1.82, 2.24) is 10.3 Å². The Morgan fingerprint density at radius 1 is 1.50 bits per heavy atom. The number of nitrogens with zero attached hydrogens (tertiary/aromatic N) is 1. The summed E-state index contributed by atoms with van der Waals surface area (Å²) in [6, 6.07) is 4.39. The maximum absolute atomic E-state index is 5.47. The van der Waals surface area contributed by atoms with E-state index >= 15 is 0 Å². The van der Waals surface area contributed by atoms with Crippen LogP contribution in [0.3, 0.4) is 0 Å². The second-order valence-electron chi connectivity index (χ2n) is 4.01.